The van der Waals surface area contributed by atoms with Crippen LogP contribution in [-0.4, -0.2) is 20.0 Å². The maximum absolute atomic E-state index is 11.4. The highest BCUT2D eigenvalue weighted by atomic mass is 32.1. The van der Waals surface area contributed by atoms with Crippen molar-refractivity contribution >= 4 is 39.9 Å². The fourth-order valence-electron chi connectivity index (χ4n) is 6.75. The number of benzene rings is 1. The molecule has 0 bridgehead atoms. The molecule has 0 spiro atoms. The Morgan fingerprint density at radius 3 is 1.56 bits per heavy atom. The van der Waals surface area contributed by atoms with Gasteiger partial charge >= 0.3 is 0 Å². The minimum atomic E-state index is 0.0174. The summed E-state index contributed by atoms with van der Waals surface area (Å²) in [5, 5.41) is 5.01. The Balaban J connectivity index is 0.000000210. The van der Waals surface area contributed by atoms with E-state index in [1.165, 1.54) is 86.0 Å². The number of aryl methyl sites for hydroxylation is 14. The Labute approximate surface area is 409 Å². The van der Waals surface area contributed by atoms with Crippen molar-refractivity contribution in [3.05, 3.63) is 187 Å². The molecule has 0 radical (unpaired) electrons. The molecule has 1 aliphatic rings. The molecule has 1 amide bonds. The number of nitrogens with zero attached hydrogens (tertiary/aromatic N) is 3. The lowest BCUT2D eigenvalue weighted by molar-refractivity contribution is 0.0965. The lowest BCUT2D eigenvalue weighted by Gasteiger charge is -2.03. The molecule has 1 aliphatic heterocycles. The van der Waals surface area contributed by atoms with Crippen molar-refractivity contribution in [1.29, 1.82) is 0 Å². The average molecular weight is 945 g/mol. The van der Waals surface area contributed by atoms with Crippen LogP contribution in [0.4, 0.5) is 0 Å². The summed E-state index contributed by atoms with van der Waals surface area (Å²) in [6, 6.07) is 20.5. The van der Waals surface area contributed by atoms with E-state index in [1.54, 1.807) is 6.26 Å². The number of nitrogens with one attached hydrogen (secondary N) is 1. The zero-order chi connectivity index (χ0) is 49.6. The van der Waals surface area contributed by atoms with Gasteiger partial charge in [-0.1, -0.05) is 12.1 Å². The number of pyridine rings is 1. The molecule has 9 rings (SSSR count). The van der Waals surface area contributed by atoms with Gasteiger partial charge in [0.25, 0.3) is 5.91 Å². The molecule has 66 heavy (non-hydrogen) atoms. The summed E-state index contributed by atoms with van der Waals surface area (Å²) in [7, 11) is 4.17. The second-order valence-corrected chi connectivity index (χ2v) is 21.5. The smallest absolute Gasteiger partial charge is 0.251 e. The Morgan fingerprint density at radius 1 is 0.606 bits per heavy atom. The molecule has 0 saturated carbocycles. The Kier molecular flexibility index (Phi) is 21.4. The van der Waals surface area contributed by atoms with Gasteiger partial charge in [-0.3, -0.25) is 9.78 Å². The standard InChI is InChI=1S/C14H12N2O.2C8H13N.C7H10O.2C7H10S.C6H8S/c1-9-3-2-4-13(16-9)10-5-6-12-11(7-10)8-15-14(12)17;1-6-5-9(4)8(3)7(6)2;1-6-5-7(2)9(4)8(6)3;2*1-5-4-8-7(3)6(5)2;1-5-4-6(2)8-7(5)3;1-5-3-4-6(2)7-5/h2-7H,8H2,1H3,(H,15,17);2*5H,1-4H3;3*4H,1-3H3;3-4H,1-2H3. The SMILES string of the molecule is Cc1cc(C)c(C)s1.Cc1cc(C)n(C)c1C.Cc1ccc(C)s1.Cc1cccc(-c2ccc3c(c2)CNC3=O)n1.Cc1cn(C)c(C)c1C.Cc1coc(C)c1C.Cc1csc(C)c1C. The molecule has 7 aromatic heterocycles. The number of furan rings is 1. The molecule has 0 unspecified atom stereocenters. The Hall–Kier alpha value is -5.22. The molecule has 6 nitrogen and oxygen atoms in total. The second-order valence-electron chi connectivity index (χ2n) is 17.4. The van der Waals surface area contributed by atoms with Crippen molar-refractivity contribution in [1.82, 2.24) is 19.4 Å². The maximum atomic E-state index is 11.4. The summed E-state index contributed by atoms with van der Waals surface area (Å²) < 4.78 is 9.46. The molecule has 354 valence electrons. The largest absolute Gasteiger partial charge is 0.469 e. The molecule has 0 aliphatic carbocycles. The van der Waals surface area contributed by atoms with Crippen LogP contribution in [0.3, 0.4) is 0 Å². The first-order valence-electron chi connectivity index (χ1n) is 22.5. The molecule has 9 heteroatoms. The first kappa shape index (κ1) is 55.1. The number of fused-ring (bicyclic) bond motifs is 1. The minimum absolute atomic E-state index is 0.0174. The monoisotopic (exact) mass is 945 g/mol. The molecule has 8 heterocycles. The van der Waals surface area contributed by atoms with Crippen LogP contribution in [0.2, 0.25) is 0 Å². The summed E-state index contributed by atoms with van der Waals surface area (Å²) in [4.78, 5) is 23.0. The predicted molar refractivity (Wildman–Crippen MR) is 289 cm³/mol. The maximum Gasteiger partial charge on any atom is 0.251 e. The van der Waals surface area contributed by atoms with E-state index < -0.39 is 0 Å². The van der Waals surface area contributed by atoms with E-state index in [0.29, 0.717) is 6.54 Å². The lowest BCUT2D eigenvalue weighted by Crippen LogP contribution is -2.12. The fourth-order valence-corrected chi connectivity index (χ4v) is 9.34. The van der Waals surface area contributed by atoms with Crippen LogP contribution < -0.4 is 5.32 Å². The van der Waals surface area contributed by atoms with Crippen molar-refractivity contribution in [3.63, 3.8) is 0 Å². The summed E-state index contributed by atoms with van der Waals surface area (Å²) >= 11 is 5.54. The van der Waals surface area contributed by atoms with E-state index in [9.17, 15) is 4.79 Å². The second kappa shape index (κ2) is 25.6. The van der Waals surface area contributed by atoms with Crippen LogP contribution in [-0.2, 0) is 20.6 Å². The van der Waals surface area contributed by atoms with E-state index in [2.05, 4.69) is 173 Å². The molecule has 0 fully saturated rings. The van der Waals surface area contributed by atoms with Crippen molar-refractivity contribution in [2.45, 2.75) is 131 Å². The van der Waals surface area contributed by atoms with Crippen molar-refractivity contribution < 1.29 is 9.21 Å². The first-order valence-corrected chi connectivity index (χ1v) is 25.1. The lowest BCUT2D eigenvalue weighted by atomic mass is 10.0. The average Bonchev–Trinajstić information content (AvgIpc) is 4.14. The third-order valence-electron chi connectivity index (χ3n) is 12.3. The number of carbonyl (C=O) groups is 1. The quantitative estimate of drug-likeness (QED) is 0.178. The van der Waals surface area contributed by atoms with Gasteiger partial charge in [0, 0.05) is 85.1 Å². The number of thiophene rings is 3. The predicted octanol–water partition coefficient (Wildman–Crippen LogP) is 16.1. The normalized spacial score (nSPS) is 10.8. The fraction of sp³-hybridized carbons (Fsp3) is 0.368. The molecule has 1 N–H and O–H groups in total. The third kappa shape index (κ3) is 16.3. The van der Waals surface area contributed by atoms with Crippen molar-refractivity contribution in [2.75, 3.05) is 0 Å². The molecular formula is C57H76N4O2S3. The highest BCUT2D eigenvalue weighted by Gasteiger charge is 2.19. The molecule has 1 aromatic carbocycles. The van der Waals surface area contributed by atoms with E-state index >= 15 is 0 Å². The zero-order valence-electron chi connectivity index (χ0n) is 43.6. The molecular weight excluding hydrogens is 869 g/mol. The first-order chi connectivity index (χ1) is 30.9. The van der Waals surface area contributed by atoms with Gasteiger partial charge in [0.05, 0.1) is 12.0 Å². The highest BCUT2D eigenvalue weighted by molar-refractivity contribution is 7.12. The van der Waals surface area contributed by atoms with Crippen LogP contribution in [0.25, 0.3) is 11.3 Å². The van der Waals surface area contributed by atoms with Gasteiger partial charge in [-0.15, -0.1) is 34.0 Å². The van der Waals surface area contributed by atoms with Gasteiger partial charge < -0.3 is 18.9 Å². The Bertz CT molecular complexity index is 2580. The topological polar surface area (TPSA) is 65.0 Å². The van der Waals surface area contributed by atoms with Gasteiger partial charge in [-0.05, 0) is 229 Å². The van der Waals surface area contributed by atoms with E-state index in [0.717, 1.165) is 33.8 Å². The highest BCUT2D eigenvalue weighted by Crippen LogP contribution is 2.24. The van der Waals surface area contributed by atoms with Gasteiger partial charge in [-0.2, -0.15) is 0 Å². The van der Waals surface area contributed by atoms with E-state index in [4.69, 9.17) is 4.42 Å². The van der Waals surface area contributed by atoms with Gasteiger partial charge in [0.15, 0.2) is 0 Å². The summed E-state index contributed by atoms with van der Waals surface area (Å²) in [6.07, 6.45) is 3.94. The molecule has 8 aromatic rings. The Morgan fingerprint density at radius 2 is 1.26 bits per heavy atom. The number of rotatable bonds is 1. The van der Waals surface area contributed by atoms with Gasteiger partial charge in [0.1, 0.15) is 5.76 Å². The van der Waals surface area contributed by atoms with Gasteiger partial charge in [0.2, 0.25) is 0 Å². The van der Waals surface area contributed by atoms with E-state index in [-0.39, 0.29) is 5.91 Å². The van der Waals surface area contributed by atoms with E-state index in [1.807, 2.05) is 91.2 Å². The van der Waals surface area contributed by atoms with Crippen LogP contribution in [0.5, 0.6) is 0 Å². The molecule has 0 atom stereocenters. The number of aromatic nitrogens is 3. The van der Waals surface area contributed by atoms with Crippen LogP contribution >= 0.6 is 34.0 Å². The third-order valence-corrected chi connectivity index (χ3v) is 15.4. The van der Waals surface area contributed by atoms with Crippen LogP contribution in [0.1, 0.15) is 113 Å². The number of hydrogen-bond donors (Lipinski definition) is 1. The summed E-state index contributed by atoms with van der Waals surface area (Å²) in [5.41, 5.74) is 19.9. The van der Waals surface area contributed by atoms with Crippen molar-refractivity contribution in [3.8, 4) is 11.3 Å². The number of hydrogen-bond acceptors (Lipinski definition) is 6. The van der Waals surface area contributed by atoms with Gasteiger partial charge in [-0.25, -0.2) is 0 Å². The number of amides is 1. The van der Waals surface area contributed by atoms with Crippen LogP contribution in [0, 0.1) is 125 Å². The summed E-state index contributed by atoms with van der Waals surface area (Å²) in [5.74, 6) is 1.05. The molecule has 0 saturated heterocycles. The van der Waals surface area contributed by atoms with Crippen LogP contribution in [0.15, 0.2) is 82.9 Å². The van der Waals surface area contributed by atoms with Crippen molar-refractivity contribution in [2.24, 2.45) is 14.1 Å². The zero-order valence-corrected chi connectivity index (χ0v) is 46.0. The summed E-state index contributed by atoms with van der Waals surface area (Å²) in [6.45, 7) is 38.7. The minimum Gasteiger partial charge on any atom is -0.469 e. The number of carbonyl (C=O) groups excluding carboxylic acids is 1.